The van der Waals surface area contributed by atoms with Crippen molar-refractivity contribution in [1.29, 1.82) is 0 Å². The number of hydrogen-bond acceptors (Lipinski definition) is 10. The molecule has 0 unspecified atom stereocenters. The van der Waals surface area contributed by atoms with Gasteiger partial charge in [-0.15, -0.1) is 0 Å². The molecule has 0 bridgehead atoms. The molecule has 0 saturated carbocycles. The number of ketones is 1. The number of esters is 1. The predicted octanol–water partition coefficient (Wildman–Crippen LogP) is 6.17. The normalized spacial score (nSPS) is 17.1. The van der Waals surface area contributed by atoms with E-state index in [2.05, 4.69) is 14.5 Å². The van der Waals surface area contributed by atoms with Gasteiger partial charge >= 0.3 is 18.0 Å². The van der Waals surface area contributed by atoms with E-state index in [-0.39, 0.29) is 48.6 Å². The molecule has 4 saturated heterocycles. The van der Waals surface area contributed by atoms with Crippen LogP contribution in [0.1, 0.15) is 31.8 Å². The number of halogens is 4. The number of piperazine rings is 2. The van der Waals surface area contributed by atoms with Crippen molar-refractivity contribution in [1.82, 2.24) is 19.6 Å². The largest absolute Gasteiger partial charge is 0.465 e. The van der Waals surface area contributed by atoms with Crippen molar-refractivity contribution in [3.8, 4) is 0 Å². The number of hydrogen-bond donors (Lipinski definition) is 1. The molecule has 4 aliphatic heterocycles. The molecular formula is C46H51Cl2F2N7O7. The second-order valence-electron chi connectivity index (χ2n) is 15.9. The van der Waals surface area contributed by atoms with Gasteiger partial charge in [-0.05, 0) is 66.7 Å². The molecule has 0 spiro atoms. The maximum absolute atomic E-state index is 14.8. The summed E-state index contributed by atoms with van der Waals surface area (Å²) < 4.78 is 44.8. The topological polar surface area (TPSA) is 141 Å². The minimum atomic E-state index is -0.615. The molecule has 2 N–H and O–H groups in total. The van der Waals surface area contributed by atoms with Crippen LogP contribution >= 0.6 is 23.2 Å². The Balaban J connectivity index is 0.000000191. The third kappa shape index (κ3) is 11.4. The molecule has 4 aliphatic rings. The molecule has 0 aliphatic carbocycles. The van der Waals surface area contributed by atoms with E-state index < -0.39 is 17.6 Å². The molecule has 340 valence electrons. The van der Waals surface area contributed by atoms with Gasteiger partial charge in [-0.1, -0.05) is 41.4 Å². The predicted molar refractivity (Wildman–Crippen MR) is 239 cm³/mol. The summed E-state index contributed by atoms with van der Waals surface area (Å²) in [4.78, 5) is 61.7. The minimum Gasteiger partial charge on any atom is -0.465 e. The fourth-order valence-corrected chi connectivity index (χ4v) is 8.03. The number of carbonyl (C=O) groups is 4. The van der Waals surface area contributed by atoms with Crippen molar-refractivity contribution in [2.75, 3.05) is 102 Å². The van der Waals surface area contributed by atoms with E-state index >= 15 is 0 Å². The Morgan fingerprint density at radius 3 is 1.36 bits per heavy atom. The van der Waals surface area contributed by atoms with Gasteiger partial charge in [-0.25, -0.2) is 23.2 Å². The highest BCUT2D eigenvalue weighted by Gasteiger charge is 2.34. The van der Waals surface area contributed by atoms with Crippen LogP contribution in [0.5, 0.6) is 0 Å². The van der Waals surface area contributed by atoms with Gasteiger partial charge in [0.25, 0.3) is 0 Å². The summed E-state index contributed by atoms with van der Waals surface area (Å²) >= 11 is 12.0. The number of Topliss-reactive ketones (excluding diaryl/α,β-unsaturated/α-hetero) is 1. The molecule has 0 aromatic heterocycles. The zero-order chi connectivity index (χ0) is 45.3. The number of ether oxygens (including phenoxy) is 3. The van der Waals surface area contributed by atoms with Gasteiger partial charge in [0.2, 0.25) is 0 Å². The minimum absolute atomic E-state index is 0.0183. The summed E-state index contributed by atoms with van der Waals surface area (Å²) in [6.07, 6.45) is 0. The fraction of sp³-hybridized carbons (Fsp3) is 0.391. The number of methoxy groups -OCH3 is 1. The summed E-state index contributed by atoms with van der Waals surface area (Å²) in [5, 5.41) is 1.10. The van der Waals surface area contributed by atoms with E-state index in [4.69, 9.17) is 38.4 Å². The van der Waals surface area contributed by atoms with Crippen molar-refractivity contribution in [3.63, 3.8) is 0 Å². The molecule has 8 rings (SSSR count). The number of anilines is 2. The number of carbonyl (C=O) groups excluding carboxylic acids is 4. The van der Waals surface area contributed by atoms with Crippen LogP contribution in [0.2, 0.25) is 10.0 Å². The summed E-state index contributed by atoms with van der Waals surface area (Å²) in [6, 6.07) is 22.6. The molecule has 0 atom stereocenters. The molecule has 14 nitrogen and oxygen atoms in total. The standard InChI is InChI=1S/C23H26ClFN4O3.C23H25ClFN3O4/c24-18-3-5-19(6-4-18)29(13-17-2-1-16(11-21(17)25)22(30)12-26)23(31)28-9-7-27(8-10-28)20-14-32-15-20;1-31-22(29)16-2-3-17(21(25)12-16)13-28(19-6-4-18(24)5-7-19)23(30)27-10-8-26(9-11-27)20-14-32-15-20/h1-6,11,20H,7-10,12-15,26H2;2-7,12,20H,8-11,13-15H2,1H3. The fourth-order valence-electron chi connectivity index (χ4n) is 7.77. The average molecular weight is 923 g/mol. The maximum Gasteiger partial charge on any atom is 0.337 e. The quantitative estimate of drug-likeness (QED) is 0.137. The van der Waals surface area contributed by atoms with Crippen LogP contribution in [0, 0.1) is 11.6 Å². The van der Waals surface area contributed by atoms with Crippen LogP contribution in [-0.2, 0) is 27.3 Å². The van der Waals surface area contributed by atoms with Crippen LogP contribution in [0.4, 0.5) is 29.7 Å². The third-order valence-electron chi connectivity index (χ3n) is 11.9. The molecule has 4 heterocycles. The second-order valence-corrected chi connectivity index (χ2v) is 16.7. The lowest BCUT2D eigenvalue weighted by Gasteiger charge is -2.43. The first-order valence-electron chi connectivity index (χ1n) is 21.1. The van der Waals surface area contributed by atoms with Gasteiger partial charge in [0.1, 0.15) is 11.6 Å². The summed E-state index contributed by atoms with van der Waals surface area (Å²) in [7, 11) is 1.24. The molecular weight excluding hydrogens is 871 g/mol. The molecule has 4 aromatic rings. The lowest BCUT2D eigenvalue weighted by Crippen LogP contribution is -2.59. The Morgan fingerprint density at radius 2 is 1.02 bits per heavy atom. The first-order chi connectivity index (χ1) is 30.9. The summed E-state index contributed by atoms with van der Waals surface area (Å²) in [5.41, 5.74) is 7.56. The molecule has 4 aromatic carbocycles. The number of urea groups is 2. The van der Waals surface area contributed by atoms with Gasteiger partial charge in [0.05, 0.1) is 70.8 Å². The van der Waals surface area contributed by atoms with E-state index in [1.165, 1.54) is 42.3 Å². The lowest BCUT2D eigenvalue weighted by molar-refractivity contribution is -0.0738. The van der Waals surface area contributed by atoms with Gasteiger partial charge in [-0.2, -0.15) is 0 Å². The summed E-state index contributed by atoms with van der Waals surface area (Å²) in [5.74, 6) is -2.08. The number of rotatable bonds is 11. The van der Waals surface area contributed by atoms with Crippen LogP contribution in [0.3, 0.4) is 0 Å². The summed E-state index contributed by atoms with van der Waals surface area (Å²) in [6.45, 7) is 8.28. The Kier molecular flexibility index (Phi) is 15.8. The Hall–Kier alpha value is -5.20. The monoisotopic (exact) mass is 921 g/mol. The Morgan fingerprint density at radius 1 is 0.625 bits per heavy atom. The van der Waals surface area contributed by atoms with E-state index in [0.717, 1.165) is 58.7 Å². The van der Waals surface area contributed by atoms with Crippen molar-refractivity contribution in [2.45, 2.75) is 25.2 Å². The van der Waals surface area contributed by atoms with Crippen LogP contribution in [-0.4, -0.2) is 148 Å². The first-order valence-corrected chi connectivity index (χ1v) is 21.8. The van der Waals surface area contributed by atoms with Crippen molar-refractivity contribution >= 4 is 58.4 Å². The van der Waals surface area contributed by atoms with Gasteiger partial charge in [0.15, 0.2) is 5.78 Å². The smallest absolute Gasteiger partial charge is 0.337 e. The van der Waals surface area contributed by atoms with Gasteiger partial charge in [-0.3, -0.25) is 24.4 Å². The third-order valence-corrected chi connectivity index (χ3v) is 12.4. The highest BCUT2D eigenvalue weighted by atomic mass is 35.5. The van der Waals surface area contributed by atoms with E-state index in [1.54, 1.807) is 63.2 Å². The molecule has 4 amide bonds. The second kappa shape index (κ2) is 21.7. The van der Waals surface area contributed by atoms with Crippen molar-refractivity contribution in [2.24, 2.45) is 5.73 Å². The first kappa shape index (κ1) is 46.8. The average Bonchev–Trinajstić information content (AvgIpc) is 3.27. The van der Waals surface area contributed by atoms with Gasteiger partial charge < -0.3 is 29.7 Å². The Bertz CT molecular complexity index is 2110. The Labute approximate surface area is 380 Å². The van der Waals surface area contributed by atoms with E-state index in [9.17, 15) is 28.0 Å². The lowest BCUT2D eigenvalue weighted by atomic mass is 10.1. The van der Waals surface area contributed by atoms with Crippen molar-refractivity contribution in [3.05, 3.63) is 129 Å². The molecule has 18 heteroatoms. The number of benzene rings is 4. The zero-order valence-corrected chi connectivity index (χ0v) is 37.0. The SMILES string of the molecule is COC(=O)c1ccc(CN(C(=O)N2CCN(C3COC3)CC2)c2ccc(Cl)cc2)c(F)c1.NCC(=O)c1ccc(CN(C(=O)N2CCN(C3COC3)CC2)c2ccc(Cl)cc2)c(F)c1. The van der Waals surface area contributed by atoms with Crippen LogP contribution in [0.25, 0.3) is 0 Å². The number of nitrogens with two attached hydrogens (primary N) is 1. The zero-order valence-electron chi connectivity index (χ0n) is 35.5. The van der Waals surface area contributed by atoms with Crippen LogP contribution < -0.4 is 15.5 Å². The number of amides is 4. The van der Waals surface area contributed by atoms with Gasteiger partial charge in [0, 0.05) is 90.5 Å². The van der Waals surface area contributed by atoms with E-state index in [1.807, 2.05) is 0 Å². The van der Waals surface area contributed by atoms with Crippen molar-refractivity contribution < 1.29 is 42.2 Å². The molecule has 64 heavy (non-hydrogen) atoms. The maximum atomic E-state index is 14.8. The van der Waals surface area contributed by atoms with E-state index in [0.29, 0.717) is 70.8 Å². The van der Waals surface area contributed by atoms with Crippen LogP contribution in [0.15, 0.2) is 84.9 Å². The highest BCUT2D eigenvalue weighted by Crippen LogP contribution is 2.27. The molecule has 0 radical (unpaired) electrons. The molecule has 4 fully saturated rings. The highest BCUT2D eigenvalue weighted by molar-refractivity contribution is 6.31. The number of nitrogens with zero attached hydrogens (tertiary/aromatic N) is 6.